The van der Waals surface area contributed by atoms with Gasteiger partial charge < -0.3 is 9.47 Å². The van der Waals surface area contributed by atoms with Crippen molar-refractivity contribution in [2.75, 3.05) is 18.1 Å². The van der Waals surface area contributed by atoms with E-state index in [0.717, 1.165) is 48.4 Å². The number of aromatic nitrogens is 1. The van der Waals surface area contributed by atoms with Crippen molar-refractivity contribution in [2.45, 2.75) is 45.1 Å². The molecule has 0 saturated heterocycles. The lowest BCUT2D eigenvalue weighted by Crippen LogP contribution is -2.43. The molecule has 2 aromatic carbocycles. The molecule has 1 saturated carbocycles. The molecule has 6 nitrogen and oxygen atoms in total. The zero-order valence-electron chi connectivity index (χ0n) is 19.2. The summed E-state index contributed by atoms with van der Waals surface area (Å²) in [4.78, 5) is 31.6. The van der Waals surface area contributed by atoms with E-state index in [0.29, 0.717) is 17.4 Å². The number of fused-ring (bicyclic) bond motifs is 1. The van der Waals surface area contributed by atoms with Gasteiger partial charge in [-0.3, -0.25) is 14.5 Å². The molecule has 34 heavy (non-hydrogen) atoms. The standard InChI is InChI=1S/C27H28N2O4S/c1-18-7-10-21(11-8-18)33-27(31)15-29-23-14-20(9-12-24(23)32-16-26(29)30)22-17-34-25(28-22)13-19-5-3-2-4-6-19/h2-6,9,12,14,17-18,21H,7-8,10-11,13,15-16H2,1H3. The maximum Gasteiger partial charge on any atom is 0.326 e. The van der Waals surface area contributed by atoms with Crippen LogP contribution in [0.4, 0.5) is 5.69 Å². The first-order valence-electron chi connectivity index (χ1n) is 11.8. The fourth-order valence-electron chi connectivity index (χ4n) is 4.53. The summed E-state index contributed by atoms with van der Waals surface area (Å²) < 4.78 is 11.3. The van der Waals surface area contributed by atoms with Crippen molar-refractivity contribution < 1.29 is 19.1 Å². The van der Waals surface area contributed by atoms with Crippen molar-refractivity contribution in [3.63, 3.8) is 0 Å². The highest BCUT2D eigenvalue weighted by molar-refractivity contribution is 7.10. The topological polar surface area (TPSA) is 68.7 Å². The minimum absolute atomic E-state index is 0.0521. The number of amides is 1. The fourth-order valence-corrected chi connectivity index (χ4v) is 5.37. The molecule has 7 heteroatoms. The maximum absolute atomic E-state index is 12.7. The number of thiazole rings is 1. The molecule has 0 atom stereocenters. The van der Waals surface area contributed by atoms with Gasteiger partial charge in [0.15, 0.2) is 6.61 Å². The molecule has 1 aliphatic carbocycles. The molecule has 2 aliphatic rings. The molecule has 0 N–H and O–H groups in total. The third kappa shape index (κ3) is 5.14. The van der Waals surface area contributed by atoms with Gasteiger partial charge in [-0.05, 0) is 55.4 Å². The Morgan fingerprint density at radius 1 is 1.15 bits per heavy atom. The average Bonchev–Trinajstić information content (AvgIpc) is 3.31. The molecular weight excluding hydrogens is 448 g/mol. The number of hydrogen-bond donors (Lipinski definition) is 0. The Morgan fingerprint density at radius 2 is 1.94 bits per heavy atom. The van der Waals surface area contributed by atoms with Crippen LogP contribution < -0.4 is 9.64 Å². The van der Waals surface area contributed by atoms with E-state index < -0.39 is 0 Å². The quantitative estimate of drug-likeness (QED) is 0.455. The van der Waals surface area contributed by atoms with E-state index in [9.17, 15) is 9.59 Å². The summed E-state index contributed by atoms with van der Waals surface area (Å²) in [6.45, 7) is 2.03. The summed E-state index contributed by atoms with van der Waals surface area (Å²) in [6.07, 6.45) is 4.64. The number of esters is 1. The van der Waals surface area contributed by atoms with Crippen LogP contribution in [0.2, 0.25) is 0 Å². The second kappa shape index (κ2) is 9.97. The lowest BCUT2D eigenvalue weighted by atomic mass is 9.89. The van der Waals surface area contributed by atoms with Crippen LogP contribution >= 0.6 is 11.3 Å². The summed E-state index contributed by atoms with van der Waals surface area (Å²) >= 11 is 1.61. The number of benzene rings is 2. The number of nitrogens with zero attached hydrogens (tertiary/aromatic N) is 2. The van der Waals surface area contributed by atoms with Crippen molar-refractivity contribution in [3.8, 4) is 17.0 Å². The molecule has 2 heterocycles. The van der Waals surface area contributed by atoms with Crippen LogP contribution in [-0.4, -0.2) is 36.1 Å². The summed E-state index contributed by atoms with van der Waals surface area (Å²) in [5.74, 6) is 0.647. The van der Waals surface area contributed by atoms with Gasteiger partial charge in [-0.2, -0.15) is 0 Å². The molecule has 5 rings (SSSR count). The Morgan fingerprint density at radius 3 is 2.74 bits per heavy atom. The molecule has 0 bridgehead atoms. The Balaban J connectivity index is 1.31. The van der Waals surface area contributed by atoms with E-state index in [1.807, 2.05) is 41.8 Å². The minimum atomic E-state index is -0.370. The van der Waals surface area contributed by atoms with Crippen LogP contribution in [0, 0.1) is 5.92 Å². The highest BCUT2D eigenvalue weighted by Gasteiger charge is 2.30. The van der Waals surface area contributed by atoms with E-state index in [-0.39, 0.29) is 31.1 Å². The molecular formula is C27H28N2O4S. The Hall–Kier alpha value is -3.19. The smallest absolute Gasteiger partial charge is 0.326 e. The molecule has 0 unspecified atom stereocenters. The number of hydrogen-bond acceptors (Lipinski definition) is 6. The molecule has 1 aliphatic heterocycles. The van der Waals surface area contributed by atoms with Gasteiger partial charge in [-0.15, -0.1) is 11.3 Å². The van der Waals surface area contributed by atoms with Crippen molar-refractivity contribution in [2.24, 2.45) is 5.92 Å². The van der Waals surface area contributed by atoms with E-state index in [1.54, 1.807) is 11.3 Å². The number of ether oxygens (including phenoxy) is 2. The van der Waals surface area contributed by atoms with Gasteiger partial charge in [0.1, 0.15) is 18.4 Å². The second-order valence-corrected chi connectivity index (χ2v) is 10.1. The summed E-state index contributed by atoms with van der Waals surface area (Å²) in [5, 5.41) is 3.04. The number of anilines is 1. The molecule has 0 spiro atoms. The van der Waals surface area contributed by atoms with Crippen LogP contribution in [0.1, 0.15) is 43.2 Å². The SMILES string of the molecule is CC1CCC(OC(=O)CN2C(=O)COc3ccc(-c4csc(Cc5ccccc5)n4)cc32)CC1. The van der Waals surface area contributed by atoms with Gasteiger partial charge in [0.2, 0.25) is 0 Å². The lowest BCUT2D eigenvalue weighted by Gasteiger charge is -2.30. The summed E-state index contributed by atoms with van der Waals surface area (Å²) in [6, 6.07) is 15.9. The normalized spacial score (nSPS) is 19.9. The maximum atomic E-state index is 12.7. The summed E-state index contributed by atoms with van der Waals surface area (Å²) in [5.41, 5.74) is 3.52. The Bertz CT molecular complexity index is 1170. The largest absolute Gasteiger partial charge is 0.482 e. The highest BCUT2D eigenvalue weighted by atomic mass is 32.1. The van der Waals surface area contributed by atoms with E-state index in [1.165, 1.54) is 10.5 Å². The molecule has 0 radical (unpaired) electrons. The van der Waals surface area contributed by atoms with Crippen LogP contribution in [0.5, 0.6) is 5.75 Å². The lowest BCUT2D eigenvalue weighted by molar-refractivity contribution is -0.150. The zero-order chi connectivity index (χ0) is 23.5. The van der Waals surface area contributed by atoms with E-state index >= 15 is 0 Å². The summed E-state index contributed by atoms with van der Waals surface area (Å²) in [7, 11) is 0. The third-order valence-corrected chi connectivity index (χ3v) is 7.34. The molecule has 3 aromatic rings. The van der Waals surface area contributed by atoms with Gasteiger partial charge in [0, 0.05) is 17.4 Å². The number of carbonyl (C=O) groups is 2. The highest BCUT2D eigenvalue weighted by Crippen LogP contribution is 2.36. The first-order valence-corrected chi connectivity index (χ1v) is 12.7. The first-order chi connectivity index (χ1) is 16.5. The predicted molar refractivity (Wildman–Crippen MR) is 132 cm³/mol. The van der Waals surface area contributed by atoms with Gasteiger partial charge in [0.05, 0.1) is 16.4 Å². The second-order valence-electron chi connectivity index (χ2n) is 9.11. The Kier molecular flexibility index (Phi) is 6.63. The third-order valence-electron chi connectivity index (χ3n) is 6.50. The number of carbonyl (C=O) groups excluding carboxylic acids is 2. The van der Waals surface area contributed by atoms with Gasteiger partial charge in [-0.25, -0.2) is 4.98 Å². The zero-order valence-corrected chi connectivity index (χ0v) is 20.1. The fraction of sp³-hybridized carbons (Fsp3) is 0.370. The molecule has 1 aromatic heterocycles. The minimum Gasteiger partial charge on any atom is -0.482 e. The number of rotatable bonds is 6. The first kappa shape index (κ1) is 22.6. The van der Waals surface area contributed by atoms with Gasteiger partial charge in [-0.1, -0.05) is 37.3 Å². The molecule has 1 amide bonds. The van der Waals surface area contributed by atoms with Crippen molar-refractivity contribution in [1.82, 2.24) is 4.98 Å². The average molecular weight is 477 g/mol. The van der Waals surface area contributed by atoms with E-state index in [2.05, 4.69) is 19.1 Å². The van der Waals surface area contributed by atoms with Crippen LogP contribution in [-0.2, 0) is 20.7 Å². The Labute approximate surface area is 203 Å². The van der Waals surface area contributed by atoms with E-state index in [4.69, 9.17) is 14.5 Å². The van der Waals surface area contributed by atoms with Gasteiger partial charge in [0.25, 0.3) is 5.91 Å². The predicted octanol–water partition coefficient (Wildman–Crippen LogP) is 5.25. The molecule has 1 fully saturated rings. The van der Waals surface area contributed by atoms with Crippen LogP contribution in [0.25, 0.3) is 11.3 Å². The van der Waals surface area contributed by atoms with Crippen LogP contribution in [0.15, 0.2) is 53.9 Å². The van der Waals surface area contributed by atoms with Gasteiger partial charge >= 0.3 is 5.97 Å². The molecule has 176 valence electrons. The van der Waals surface area contributed by atoms with Crippen LogP contribution in [0.3, 0.4) is 0 Å². The van der Waals surface area contributed by atoms with Crippen molar-refractivity contribution in [1.29, 1.82) is 0 Å². The monoisotopic (exact) mass is 476 g/mol. The van der Waals surface area contributed by atoms with Crippen molar-refractivity contribution >= 4 is 28.9 Å². The van der Waals surface area contributed by atoms with Crippen molar-refractivity contribution in [3.05, 3.63) is 64.5 Å².